The molecule has 0 fully saturated rings. The lowest BCUT2D eigenvalue weighted by Gasteiger charge is -2.37. The Kier molecular flexibility index (Phi) is 16.7. The molecule has 6 aromatic carbocycles. The molecule has 6 aromatic rings. The van der Waals surface area contributed by atoms with Gasteiger partial charge in [0.1, 0.15) is 31.0 Å². The van der Waals surface area contributed by atoms with Crippen molar-refractivity contribution in [3.05, 3.63) is 215 Å². The number of benzene rings is 6. The predicted molar refractivity (Wildman–Crippen MR) is 222 cm³/mol. The lowest BCUT2D eigenvalue weighted by molar-refractivity contribution is -0.201. The normalized spacial score (nSPS) is 13.5. The van der Waals surface area contributed by atoms with Crippen LogP contribution in [0.5, 0.6) is 0 Å². The van der Waals surface area contributed by atoms with Gasteiger partial charge in [0, 0.05) is 5.56 Å². The van der Waals surface area contributed by atoms with Gasteiger partial charge in [0.15, 0.2) is 6.10 Å². The minimum atomic E-state index is -1.26. The Labute approximate surface area is 340 Å². The molecule has 0 aliphatic heterocycles. The van der Waals surface area contributed by atoms with Gasteiger partial charge in [-0.3, -0.25) is 0 Å². The summed E-state index contributed by atoms with van der Waals surface area (Å²) in [6.45, 7) is 0.533. The maximum Gasteiger partial charge on any atom is 0.509 e. The first-order valence-corrected chi connectivity index (χ1v) is 19.3. The molecule has 1 N–H and O–H groups in total. The van der Waals surface area contributed by atoms with E-state index in [0.29, 0.717) is 5.56 Å². The van der Waals surface area contributed by atoms with Crippen LogP contribution in [0.3, 0.4) is 0 Å². The highest BCUT2D eigenvalue weighted by molar-refractivity contribution is 5.61. The highest BCUT2D eigenvalue weighted by Crippen LogP contribution is 2.25. The summed E-state index contributed by atoms with van der Waals surface area (Å²) in [7, 11) is 0. The van der Waals surface area contributed by atoms with Gasteiger partial charge in [-0.25, -0.2) is 4.79 Å². The van der Waals surface area contributed by atoms with Gasteiger partial charge in [-0.05, 0) is 39.9 Å². The van der Waals surface area contributed by atoms with Crippen LogP contribution in [0.4, 0.5) is 4.79 Å². The zero-order chi connectivity index (χ0) is 40.0. The molecule has 0 amide bonds. The summed E-state index contributed by atoms with van der Waals surface area (Å²) >= 11 is 0. The van der Waals surface area contributed by atoms with E-state index in [-0.39, 0.29) is 39.6 Å². The summed E-state index contributed by atoms with van der Waals surface area (Å²) in [6, 6.07) is 57.4. The van der Waals surface area contributed by atoms with E-state index in [1.807, 2.05) is 182 Å². The molecule has 8 nitrogen and oxygen atoms in total. The maximum atomic E-state index is 13.6. The molecule has 8 heteroatoms. The lowest BCUT2D eigenvalue weighted by Crippen LogP contribution is -2.54. The minimum Gasteiger partial charge on any atom is -0.429 e. The lowest BCUT2D eigenvalue weighted by atomic mass is 9.97. The van der Waals surface area contributed by atoms with Crippen molar-refractivity contribution in [3.8, 4) is 11.8 Å². The highest BCUT2D eigenvalue weighted by atomic mass is 16.7. The highest BCUT2D eigenvalue weighted by Gasteiger charge is 2.42. The Balaban J connectivity index is 1.39. The number of ether oxygens (including phenoxy) is 6. The number of rotatable bonds is 20. The van der Waals surface area contributed by atoms with E-state index in [0.717, 1.165) is 27.8 Å². The van der Waals surface area contributed by atoms with E-state index in [9.17, 15) is 9.90 Å². The fourth-order valence-electron chi connectivity index (χ4n) is 6.13. The molecule has 58 heavy (non-hydrogen) atoms. The Morgan fingerprint density at radius 3 is 1.31 bits per heavy atom. The third-order valence-electron chi connectivity index (χ3n) is 9.14. The van der Waals surface area contributed by atoms with Gasteiger partial charge in [-0.15, -0.1) is 0 Å². The Bertz CT molecular complexity index is 2090. The second-order valence-electron chi connectivity index (χ2n) is 13.5. The number of aliphatic hydroxyl groups is 1. The number of carbonyl (C=O) groups excluding carboxylic acids is 1. The first-order chi connectivity index (χ1) is 28.6. The second kappa shape index (κ2) is 23.2. The van der Waals surface area contributed by atoms with E-state index in [1.165, 1.54) is 0 Å². The smallest absolute Gasteiger partial charge is 0.429 e. The Morgan fingerprint density at radius 1 is 0.466 bits per heavy atom. The van der Waals surface area contributed by atoms with Gasteiger partial charge in [-0.1, -0.05) is 182 Å². The van der Waals surface area contributed by atoms with Crippen molar-refractivity contribution in [2.24, 2.45) is 0 Å². The first-order valence-electron chi connectivity index (χ1n) is 19.3. The van der Waals surface area contributed by atoms with Gasteiger partial charge in [0.05, 0.1) is 33.0 Å². The molecule has 0 spiro atoms. The maximum absolute atomic E-state index is 13.6. The van der Waals surface area contributed by atoms with Crippen molar-refractivity contribution in [1.82, 2.24) is 0 Å². The number of hydrogen-bond acceptors (Lipinski definition) is 8. The van der Waals surface area contributed by atoms with Crippen LogP contribution in [-0.2, 0) is 61.5 Å². The van der Waals surface area contributed by atoms with Crippen LogP contribution in [0.2, 0.25) is 0 Å². The van der Waals surface area contributed by atoms with Crippen molar-refractivity contribution in [2.45, 2.75) is 63.6 Å². The van der Waals surface area contributed by atoms with E-state index < -0.39 is 36.7 Å². The number of carbonyl (C=O) groups is 1. The van der Waals surface area contributed by atoms with Crippen LogP contribution in [0, 0.1) is 11.8 Å². The Morgan fingerprint density at radius 2 is 0.845 bits per heavy atom. The van der Waals surface area contributed by atoms with Crippen LogP contribution in [0.15, 0.2) is 182 Å². The molecule has 296 valence electrons. The third kappa shape index (κ3) is 13.9. The topological polar surface area (TPSA) is 92.7 Å². The van der Waals surface area contributed by atoms with Crippen molar-refractivity contribution >= 4 is 6.16 Å². The molecule has 0 aliphatic rings. The molecule has 0 bridgehead atoms. The average Bonchev–Trinajstić information content (AvgIpc) is 3.28. The molecule has 0 heterocycles. The number of aliphatic hydroxyl groups excluding tert-OH is 1. The van der Waals surface area contributed by atoms with E-state index in [2.05, 4.69) is 11.8 Å². The van der Waals surface area contributed by atoms with Crippen molar-refractivity contribution in [3.63, 3.8) is 0 Å². The molecule has 0 aromatic heterocycles. The second-order valence-corrected chi connectivity index (χ2v) is 13.5. The molecule has 0 saturated carbocycles. The summed E-state index contributed by atoms with van der Waals surface area (Å²) < 4.78 is 38.0. The van der Waals surface area contributed by atoms with Gasteiger partial charge in [0.25, 0.3) is 0 Å². The van der Waals surface area contributed by atoms with Crippen molar-refractivity contribution in [1.29, 1.82) is 0 Å². The van der Waals surface area contributed by atoms with Crippen LogP contribution >= 0.6 is 0 Å². The SMILES string of the molecule is O=C(OCc1ccccc1)O[C@H](C#Cc1ccccc1)[C@H](OCc1ccccc1)[C@@H](OCc1ccccc1)[C@H](OCc1ccccc1)[C@H](O)COCc1ccccc1. The summed E-state index contributed by atoms with van der Waals surface area (Å²) in [5.74, 6) is 6.33. The summed E-state index contributed by atoms with van der Waals surface area (Å²) in [4.78, 5) is 13.6. The summed E-state index contributed by atoms with van der Waals surface area (Å²) in [6.07, 6.45) is -6.67. The molecular formula is C50H48O8. The fraction of sp³-hybridized carbons (Fsp3) is 0.220. The minimum absolute atomic E-state index is 0.0116. The van der Waals surface area contributed by atoms with Crippen molar-refractivity contribution in [2.75, 3.05) is 6.61 Å². The zero-order valence-corrected chi connectivity index (χ0v) is 32.3. The standard InChI is InChI=1S/C50H48O8/c51-45(38-53-33-40-21-9-2-10-22-40)47(54-34-41-23-11-3-12-24-41)49(56-36-43-27-15-5-16-28-43)48(55-35-42-25-13-4-14-26-42)46(32-31-39-19-7-1-8-20-39)58-50(52)57-37-44-29-17-6-18-30-44/h1-30,45-49,51H,33-38H2/t45-,46-,47-,48+,49+/m1/s1. The first kappa shape index (κ1) is 41.6. The quantitative estimate of drug-likeness (QED) is 0.0607. The van der Waals surface area contributed by atoms with Crippen LogP contribution < -0.4 is 0 Å². The molecule has 6 rings (SSSR count). The molecule has 0 saturated heterocycles. The molecule has 0 aliphatic carbocycles. The van der Waals surface area contributed by atoms with Crippen LogP contribution in [-0.4, -0.2) is 48.4 Å². The average molecular weight is 777 g/mol. The molecule has 5 atom stereocenters. The van der Waals surface area contributed by atoms with Gasteiger partial charge in [-0.2, -0.15) is 0 Å². The van der Waals surface area contributed by atoms with Crippen LogP contribution in [0.25, 0.3) is 0 Å². The Hall–Kier alpha value is -6.05. The van der Waals surface area contributed by atoms with Crippen molar-refractivity contribution < 1.29 is 38.3 Å². The van der Waals surface area contributed by atoms with E-state index in [1.54, 1.807) is 0 Å². The summed E-state index contributed by atoms with van der Waals surface area (Å²) in [5.41, 5.74) is 5.07. The largest absolute Gasteiger partial charge is 0.509 e. The van der Waals surface area contributed by atoms with E-state index >= 15 is 0 Å². The molecule has 0 radical (unpaired) electrons. The molecular weight excluding hydrogens is 729 g/mol. The monoisotopic (exact) mass is 776 g/mol. The van der Waals surface area contributed by atoms with Gasteiger partial charge >= 0.3 is 6.16 Å². The number of hydrogen-bond donors (Lipinski definition) is 1. The predicted octanol–water partition coefficient (Wildman–Crippen LogP) is 9.09. The van der Waals surface area contributed by atoms with E-state index in [4.69, 9.17) is 28.4 Å². The van der Waals surface area contributed by atoms with Gasteiger partial charge in [0.2, 0.25) is 0 Å². The summed E-state index contributed by atoms with van der Waals surface area (Å²) in [5, 5.41) is 12.1. The van der Waals surface area contributed by atoms with Gasteiger partial charge < -0.3 is 33.5 Å². The zero-order valence-electron chi connectivity index (χ0n) is 32.3. The van der Waals surface area contributed by atoms with Crippen LogP contribution in [0.1, 0.15) is 33.4 Å². The fourth-order valence-corrected chi connectivity index (χ4v) is 6.13. The molecule has 0 unspecified atom stereocenters. The third-order valence-corrected chi connectivity index (χ3v) is 9.14.